The van der Waals surface area contributed by atoms with Crippen LogP contribution in [0.5, 0.6) is 0 Å². The first-order chi connectivity index (χ1) is 7.77. The van der Waals surface area contributed by atoms with Gasteiger partial charge in [0.2, 0.25) is 5.91 Å². The molecule has 1 aliphatic heterocycles. The van der Waals surface area contributed by atoms with Gasteiger partial charge in [-0.3, -0.25) is 4.79 Å². The normalized spacial score (nSPS) is 25.3. The number of nitrogens with one attached hydrogen (secondary N) is 2. The summed E-state index contributed by atoms with van der Waals surface area (Å²) in [5.41, 5.74) is 1.14. The second-order valence-electron chi connectivity index (χ2n) is 3.86. The fourth-order valence-corrected chi connectivity index (χ4v) is 2.39. The van der Waals surface area contributed by atoms with Gasteiger partial charge in [0.05, 0.1) is 12.7 Å². The fourth-order valence-electron chi connectivity index (χ4n) is 1.72. The van der Waals surface area contributed by atoms with Crippen LogP contribution in [-0.2, 0) is 16.1 Å². The molecule has 0 radical (unpaired) electrons. The zero-order chi connectivity index (χ0) is 11.4. The molecule has 0 spiro atoms. The number of hydrogen-bond acceptors (Lipinski definition) is 4. The summed E-state index contributed by atoms with van der Waals surface area (Å²) in [6.45, 7) is 3.92. The second-order valence-corrected chi connectivity index (χ2v) is 4.64. The predicted octanol–water partition coefficient (Wildman–Crippen LogP) is 0.741. The van der Waals surface area contributed by atoms with Crippen molar-refractivity contribution in [3.63, 3.8) is 0 Å². The predicted molar refractivity (Wildman–Crippen MR) is 63.4 cm³/mol. The van der Waals surface area contributed by atoms with E-state index < -0.39 is 0 Å². The van der Waals surface area contributed by atoms with E-state index in [0.717, 1.165) is 12.1 Å². The second kappa shape index (κ2) is 5.43. The van der Waals surface area contributed by atoms with Gasteiger partial charge >= 0.3 is 0 Å². The molecule has 0 saturated carbocycles. The van der Waals surface area contributed by atoms with E-state index in [1.165, 1.54) is 0 Å². The van der Waals surface area contributed by atoms with E-state index in [2.05, 4.69) is 10.6 Å². The molecular weight excluding hydrogens is 224 g/mol. The number of hydrogen-bond donors (Lipinski definition) is 2. The van der Waals surface area contributed by atoms with Crippen LogP contribution in [0.2, 0.25) is 0 Å². The number of rotatable bonds is 3. The van der Waals surface area contributed by atoms with Crippen LogP contribution in [0.3, 0.4) is 0 Å². The van der Waals surface area contributed by atoms with Crippen molar-refractivity contribution >= 4 is 17.2 Å². The Morgan fingerprint density at radius 3 is 3.31 bits per heavy atom. The quantitative estimate of drug-likeness (QED) is 0.819. The van der Waals surface area contributed by atoms with Crippen molar-refractivity contribution in [1.82, 2.24) is 10.6 Å². The first kappa shape index (κ1) is 11.6. The molecule has 1 aromatic rings. The smallest absolute Gasteiger partial charge is 0.240 e. The van der Waals surface area contributed by atoms with Gasteiger partial charge in [0, 0.05) is 13.1 Å². The number of thiophene rings is 1. The Morgan fingerprint density at radius 2 is 2.62 bits per heavy atom. The number of amides is 1. The van der Waals surface area contributed by atoms with E-state index in [1.54, 1.807) is 11.3 Å². The first-order valence-corrected chi connectivity index (χ1v) is 6.35. The molecule has 0 unspecified atom stereocenters. The largest absolute Gasteiger partial charge is 0.375 e. The first-order valence-electron chi connectivity index (χ1n) is 5.41. The standard InChI is InChI=1S/C11H16N2O2S/c1-8-10(12-3-4-15-8)11(14)13-6-9-2-5-16-7-9/h2,5,7-8,10,12H,3-4,6H2,1H3,(H,13,14)/t8-,10+/m1/s1. The summed E-state index contributed by atoms with van der Waals surface area (Å²) < 4.78 is 5.43. The Kier molecular flexibility index (Phi) is 3.93. The minimum atomic E-state index is -0.229. The highest BCUT2D eigenvalue weighted by atomic mass is 32.1. The average Bonchev–Trinajstić information content (AvgIpc) is 2.79. The lowest BCUT2D eigenvalue weighted by molar-refractivity contribution is -0.129. The molecule has 5 heteroatoms. The maximum absolute atomic E-state index is 11.9. The SMILES string of the molecule is C[C@H]1OCCN[C@@H]1C(=O)NCc1ccsc1. The minimum absolute atomic E-state index is 0.0124. The third-order valence-electron chi connectivity index (χ3n) is 2.65. The number of morpholine rings is 1. The van der Waals surface area contributed by atoms with E-state index in [9.17, 15) is 4.79 Å². The Morgan fingerprint density at radius 1 is 1.75 bits per heavy atom. The third kappa shape index (κ3) is 2.81. The molecule has 1 aromatic heterocycles. The van der Waals surface area contributed by atoms with Crippen molar-refractivity contribution in [3.05, 3.63) is 22.4 Å². The van der Waals surface area contributed by atoms with Gasteiger partial charge in [-0.2, -0.15) is 11.3 Å². The Hall–Kier alpha value is -0.910. The van der Waals surface area contributed by atoms with Gasteiger partial charge < -0.3 is 15.4 Å². The van der Waals surface area contributed by atoms with Gasteiger partial charge in [-0.25, -0.2) is 0 Å². The number of ether oxygens (including phenoxy) is 1. The van der Waals surface area contributed by atoms with E-state index >= 15 is 0 Å². The number of carbonyl (C=O) groups excluding carboxylic acids is 1. The Labute approximate surface area is 99.0 Å². The van der Waals surface area contributed by atoms with Gasteiger partial charge in [0.1, 0.15) is 6.04 Å². The molecule has 0 aromatic carbocycles. The molecule has 2 atom stereocenters. The van der Waals surface area contributed by atoms with Crippen molar-refractivity contribution in [2.24, 2.45) is 0 Å². The van der Waals surface area contributed by atoms with Crippen molar-refractivity contribution in [2.45, 2.75) is 25.6 Å². The average molecular weight is 240 g/mol. The molecule has 0 aliphatic carbocycles. The lowest BCUT2D eigenvalue weighted by Crippen LogP contribution is -2.55. The highest BCUT2D eigenvalue weighted by Crippen LogP contribution is 2.07. The van der Waals surface area contributed by atoms with E-state index in [0.29, 0.717) is 13.2 Å². The maximum atomic E-state index is 11.9. The highest BCUT2D eigenvalue weighted by molar-refractivity contribution is 7.07. The van der Waals surface area contributed by atoms with Crippen LogP contribution in [0.1, 0.15) is 12.5 Å². The van der Waals surface area contributed by atoms with Crippen LogP contribution >= 0.6 is 11.3 Å². The van der Waals surface area contributed by atoms with Gasteiger partial charge in [0.25, 0.3) is 0 Å². The molecule has 1 aliphatic rings. The summed E-state index contributed by atoms with van der Waals surface area (Å²) in [5, 5.41) is 10.1. The van der Waals surface area contributed by atoms with Gasteiger partial charge in [0.15, 0.2) is 0 Å². The molecule has 0 bridgehead atoms. The van der Waals surface area contributed by atoms with E-state index in [4.69, 9.17) is 4.74 Å². The third-order valence-corrected chi connectivity index (χ3v) is 3.38. The zero-order valence-corrected chi connectivity index (χ0v) is 10.0. The minimum Gasteiger partial charge on any atom is -0.375 e. The summed E-state index contributed by atoms with van der Waals surface area (Å²) in [6, 6.07) is 1.78. The van der Waals surface area contributed by atoms with Gasteiger partial charge in [-0.05, 0) is 29.3 Å². The summed E-state index contributed by atoms with van der Waals surface area (Å²) in [6.07, 6.45) is -0.0591. The van der Waals surface area contributed by atoms with Crippen molar-refractivity contribution in [3.8, 4) is 0 Å². The van der Waals surface area contributed by atoms with Crippen LogP contribution in [0, 0.1) is 0 Å². The van der Waals surface area contributed by atoms with E-state index in [-0.39, 0.29) is 18.1 Å². The summed E-state index contributed by atoms with van der Waals surface area (Å²) in [7, 11) is 0. The maximum Gasteiger partial charge on any atom is 0.240 e. The van der Waals surface area contributed by atoms with Crippen molar-refractivity contribution < 1.29 is 9.53 Å². The zero-order valence-electron chi connectivity index (χ0n) is 9.23. The molecule has 2 N–H and O–H groups in total. The fraction of sp³-hybridized carbons (Fsp3) is 0.545. The molecule has 1 fully saturated rings. The van der Waals surface area contributed by atoms with E-state index in [1.807, 2.05) is 23.8 Å². The molecule has 2 rings (SSSR count). The molecule has 1 saturated heterocycles. The summed E-state index contributed by atoms with van der Waals surface area (Å²) in [5.74, 6) is 0.0124. The number of carbonyl (C=O) groups is 1. The van der Waals surface area contributed by atoms with Crippen LogP contribution in [0.4, 0.5) is 0 Å². The van der Waals surface area contributed by atoms with Gasteiger partial charge in [-0.15, -0.1) is 0 Å². The van der Waals surface area contributed by atoms with Crippen molar-refractivity contribution in [1.29, 1.82) is 0 Å². The molecule has 1 amide bonds. The molecular formula is C11H16N2O2S. The van der Waals surface area contributed by atoms with Crippen molar-refractivity contribution in [2.75, 3.05) is 13.2 Å². The highest BCUT2D eigenvalue weighted by Gasteiger charge is 2.27. The van der Waals surface area contributed by atoms with Crippen LogP contribution < -0.4 is 10.6 Å². The monoisotopic (exact) mass is 240 g/mol. The summed E-state index contributed by atoms with van der Waals surface area (Å²) >= 11 is 1.64. The van der Waals surface area contributed by atoms with Crippen LogP contribution in [0.15, 0.2) is 16.8 Å². The van der Waals surface area contributed by atoms with Crippen LogP contribution in [0.25, 0.3) is 0 Å². The lowest BCUT2D eigenvalue weighted by Gasteiger charge is -2.29. The topological polar surface area (TPSA) is 50.4 Å². The Bertz CT molecular complexity index is 340. The van der Waals surface area contributed by atoms with Crippen LogP contribution in [-0.4, -0.2) is 31.2 Å². The molecule has 88 valence electrons. The molecule has 16 heavy (non-hydrogen) atoms. The molecule has 2 heterocycles. The Balaban J connectivity index is 1.83. The summed E-state index contributed by atoms with van der Waals surface area (Å²) in [4.78, 5) is 11.9. The lowest BCUT2D eigenvalue weighted by atomic mass is 10.1. The molecule has 4 nitrogen and oxygen atoms in total. The van der Waals surface area contributed by atoms with Gasteiger partial charge in [-0.1, -0.05) is 0 Å².